The summed E-state index contributed by atoms with van der Waals surface area (Å²) in [5.41, 5.74) is 0.605. The summed E-state index contributed by atoms with van der Waals surface area (Å²) >= 11 is 5.98. The monoisotopic (exact) mass is 282 g/mol. The topological polar surface area (TPSA) is 39.7 Å². The number of hydrogen-bond acceptors (Lipinski definition) is 4. The van der Waals surface area contributed by atoms with E-state index in [0.29, 0.717) is 16.5 Å². The minimum absolute atomic E-state index is 0.0282. The van der Waals surface area contributed by atoms with Crippen molar-refractivity contribution in [1.82, 2.24) is 14.8 Å². The Hall–Kier alpha value is -1.33. The lowest BCUT2D eigenvalue weighted by Crippen LogP contribution is -2.47. The van der Waals surface area contributed by atoms with Gasteiger partial charge in [0.1, 0.15) is 11.0 Å². The molecule has 2 rings (SSSR count). The molecular weight excluding hydrogens is 264 g/mol. The molecule has 1 aliphatic rings. The molecule has 0 radical (unpaired) electrons. The number of carbonyl (C=O) groups excluding carboxylic acids is 1. The highest BCUT2D eigenvalue weighted by Gasteiger charge is 2.21. The molecule has 0 bridgehead atoms. The van der Waals surface area contributed by atoms with Gasteiger partial charge in [0.2, 0.25) is 0 Å². The maximum Gasteiger partial charge on any atom is 0.254 e. The molecule has 1 aromatic rings. The highest BCUT2D eigenvalue weighted by molar-refractivity contribution is 6.29. The van der Waals surface area contributed by atoms with Crippen LogP contribution in [0.15, 0.2) is 12.1 Å². The molecule has 5 nitrogen and oxygen atoms in total. The van der Waals surface area contributed by atoms with Crippen LogP contribution in [0.4, 0.5) is 5.82 Å². The summed E-state index contributed by atoms with van der Waals surface area (Å²) in [4.78, 5) is 22.5. The van der Waals surface area contributed by atoms with E-state index in [4.69, 9.17) is 11.6 Å². The van der Waals surface area contributed by atoms with Gasteiger partial charge in [0, 0.05) is 45.8 Å². The Bertz CT molecular complexity index is 470. The van der Waals surface area contributed by atoms with E-state index in [1.807, 2.05) is 23.9 Å². The molecule has 1 amide bonds. The van der Waals surface area contributed by atoms with Gasteiger partial charge in [-0.15, -0.1) is 0 Å². The Morgan fingerprint density at radius 2 is 1.89 bits per heavy atom. The molecule has 2 heterocycles. The second-order valence-electron chi connectivity index (χ2n) is 5.03. The van der Waals surface area contributed by atoms with Crippen LogP contribution in [0.1, 0.15) is 10.4 Å². The quantitative estimate of drug-likeness (QED) is 0.764. The minimum atomic E-state index is 0.0282. The van der Waals surface area contributed by atoms with Gasteiger partial charge in [0.05, 0.1) is 0 Å². The van der Waals surface area contributed by atoms with Crippen LogP contribution in [0.2, 0.25) is 5.15 Å². The summed E-state index contributed by atoms with van der Waals surface area (Å²) in [7, 11) is 5.82. The summed E-state index contributed by atoms with van der Waals surface area (Å²) in [5, 5.41) is 0.351. The van der Waals surface area contributed by atoms with Gasteiger partial charge in [0.15, 0.2) is 0 Å². The van der Waals surface area contributed by atoms with E-state index < -0.39 is 0 Å². The smallest absolute Gasteiger partial charge is 0.254 e. The fraction of sp³-hybridized carbons (Fsp3) is 0.538. The lowest BCUT2D eigenvalue weighted by atomic mass is 10.2. The SMILES string of the molecule is CN1CCN(C(=O)c2cc(Cl)nc(N(C)C)c2)CC1. The van der Waals surface area contributed by atoms with E-state index in [2.05, 4.69) is 16.9 Å². The van der Waals surface area contributed by atoms with E-state index >= 15 is 0 Å². The molecule has 1 aromatic heterocycles. The van der Waals surface area contributed by atoms with Gasteiger partial charge in [-0.05, 0) is 19.2 Å². The first-order valence-electron chi connectivity index (χ1n) is 6.30. The molecule has 0 spiro atoms. The number of carbonyl (C=O) groups is 1. The molecular formula is C13H19ClN4O. The summed E-state index contributed by atoms with van der Waals surface area (Å²) in [6.07, 6.45) is 0. The van der Waals surface area contributed by atoms with Gasteiger partial charge >= 0.3 is 0 Å². The van der Waals surface area contributed by atoms with E-state index in [0.717, 1.165) is 26.2 Å². The largest absolute Gasteiger partial charge is 0.363 e. The number of aromatic nitrogens is 1. The van der Waals surface area contributed by atoms with Crippen LogP contribution in [-0.2, 0) is 0 Å². The predicted octanol–water partition coefficient (Wildman–Crippen LogP) is 1.19. The molecule has 0 aromatic carbocycles. The molecule has 0 aliphatic carbocycles. The molecule has 6 heteroatoms. The second kappa shape index (κ2) is 5.75. The Balaban J connectivity index is 2.19. The van der Waals surface area contributed by atoms with Crippen molar-refractivity contribution in [3.05, 3.63) is 22.8 Å². The van der Waals surface area contributed by atoms with Crippen molar-refractivity contribution in [3.63, 3.8) is 0 Å². The van der Waals surface area contributed by atoms with Gasteiger partial charge in [-0.2, -0.15) is 0 Å². The van der Waals surface area contributed by atoms with Gasteiger partial charge in [-0.25, -0.2) is 4.98 Å². The first kappa shape index (κ1) is 14.1. The number of rotatable bonds is 2. The Kier molecular flexibility index (Phi) is 4.27. The van der Waals surface area contributed by atoms with Gasteiger partial charge < -0.3 is 14.7 Å². The van der Waals surface area contributed by atoms with Crippen LogP contribution in [-0.4, -0.2) is 68.0 Å². The highest BCUT2D eigenvalue weighted by Crippen LogP contribution is 2.18. The van der Waals surface area contributed by atoms with E-state index in [1.54, 1.807) is 12.1 Å². The zero-order valence-electron chi connectivity index (χ0n) is 11.6. The molecule has 0 unspecified atom stereocenters. The van der Waals surface area contributed by atoms with Crippen molar-refractivity contribution in [3.8, 4) is 0 Å². The molecule has 1 saturated heterocycles. The number of nitrogens with zero attached hydrogens (tertiary/aromatic N) is 4. The number of amides is 1. The normalized spacial score (nSPS) is 16.5. The molecule has 0 N–H and O–H groups in total. The summed E-state index contributed by atoms with van der Waals surface area (Å²) in [6.45, 7) is 3.33. The number of likely N-dealkylation sites (N-methyl/N-ethyl adjacent to an activating group) is 1. The fourth-order valence-corrected chi connectivity index (χ4v) is 2.23. The first-order valence-corrected chi connectivity index (χ1v) is 6.68. The highest BCUT2D eigenvalue weighted by atomic mass is 35.5. The molecule has 19 heavy (non-hydrogen) atoms. The van der Waals surface area contributed by atoms with E-state index in [1.165, 1.54) is 0 Å². The molecule has 0 atom stereocenters. The first-order chi connectivity index (χ1) is 8.97. The van der Waals surface area contributed by atoms with Gasteiger partial charge in [-0.3, -0.25) is 4.79 Å². The van der Waals surface area contributed by atoms with Crippen LogP contribution < -0.4 is 4.90 Å². The number of anilines is 1. The number of halogens is 1. The van der Waals surface area contributed by atoms with Crippen LogP contribution in [0, 0.1) is 0 Å². The molecule has 0 saturated carbocycles. The van der Waals surface area contributed by atoms with Crippen LogP contribution in [0.25, 0.3) is 0 Å². The molecule has 104 valence electrons. The van der Waals surface area contributed by atoms with E-state index in [-0.39, 0.29) is 5.91 Å². The third-order valence-electron chi connectivity index (χ3n) is 3.28. The average Bonchev–Trinajstić information content (AvgIpc) is 2.38. The average molecular weight is 283 g/mol. The third kappa shape index (κ3) is 3.36. The standard InChI is InChI=1S/C13H19ClN4O/c1-16(2)12-9-10(8-11(14)15-12)13(19)18-6-4-17(3)5-7-18/h8-9H,4-7H2,1-3H3. The van der Waals surface area contributed by atoms with Crippen LogP contribution in [0.5, 0.6) is 0 Å². The summed E-state index contributed by atoms with van der Waals surface area (Å²) in [6, 6.07) is 3.42. The number of pyridine rings is 1. The second-order valence-corrected chi connectivity index (χ2v) is 5.41. The van der Waals surface area contributed by atoms with Crippen molar-refractivity contribution in [1.29, 1.82) is 0 Å². The Morgan fingerprint density at radius 1 is 1.26 bits per heavy atom. The fourth-order valence-electron chi connectivity index (χ4n) is 2.03. The zero-order chi connectivity index (χ0) is 14.0. The molecule has 1 fully saturated rings. The van der Waals surface area contributed by atoms with Crippen LogP contribution in [0.3, 0.4) is 0 Å². The van der Waals surface area contributed by atoms with Crippen molar-refractivity contribution in [2.75, 3.05) is 52.2 Å². The Morgan fingerprint density at radius 3 is 2.47 bits per heavy atom. The summed E-state index contributed by atoms with van der Waals surface area (Å²) in [5.74, 6) is 0.727. The lowest BCUT2D eigenvalue weighted by Gasteiger charge is -2.32. The van der Waals surface area contributed by atoms with Crippen molar-refractivity contribution >= 4 is 23.3 Å². The minimum Gasteiger partial charge on any atom is -0.363 e. The van der Waals surface area contributed by atoms with Crippen LogP contribution >= 0.6 is 11.6 Å². The van der Waals surface area contributed by atoms with Crippen molar-refractivity contribution < 1.29 is 4.79 Å². The Labute approximate surface area is 118 Å². The number of hydrogen-bond donors (Lipinski definition) is 0. The zero-order valence-corrected chi connectivity index (χ0v) is 12.3. The number of piperazine rings is 1. The maximum absolute atomic E-state index is 12.4. The lowest BCUT2D eigenvalue weighted by molar-refractivity contribution is 0.0664. The van der Waals surface area contributed by atoms with E-state index in [9.17, 15) is 4.79 Å². The van der Waals surface area contributed by atoms with Gasteiger partial charge in [-0.1, -0.05) is 11.6 Å². The molecule has 1 aliphatic heterocycles. The third-order valence-corrected chi connectivity index (χ3v) is 3.47. The van der Waals surface area contributed by atoms with Crippen molar-refractivity contribution in [2.24, 2.45) is 0 Å². The maximum atomic E-state index is 12.4. The predicted molar refractivity (Wildman–Crippen MR) is 77.0 cm³/mol. The van der Waals surface area contributed by atoms with Gasteiger partial charge in [0.25, 0.3) is 5.91 Å². The summed E-state index contributed by atoms with van der Waals surface area (Å²) < 4.78 is 0. The van der Waals surface area contributed by atoms with Crippen molar-refractivity contribution in [2.45, 2.75) is 0 Å².